The number of nitrogens with zero attached hydrogens (tertiary/aromatic N) is 2. The first kappa shape index (κ1) is 14.7. The highest BCUT2D eigenvalue weighted by Gasteiger charge is 2.12. The van der Waals surface area contributed by atoms with Crippen molar-refractivity contribution in [3.05, 3.63) is 52.2 Å². The van der Waals surface area contributed by atoms with Crippen LogP contribution in [0, 0.1) is 10.1 Å². The molecule has 0 saturated carbocycles. The SMILES string of the molecule is COc1ccc(/C=C/C(=O)Nc2ncc([N+](=O)[O-])s2)cc1. The van der Waals surface area contributed by atoms with Crippen molar-refractivity contribution in [2.45, 2.75) is 0 Å². The van der Waals surface area contributed by atoms with Gasteiger partial charge in [0.25, 0.3) is 0 Å². The molecule has 2 rings (SSSR count). The van der Waals surface area contributed by atoms with Crippen molar-refractivity contribution in [3.63, 3.8) is 0 Å². The maximum atomic E-state index is 11.7. The number of methoxy groups -OCH3 is 1. The van der Waals surface area contributed by atoms with E-state index >= 15 is 0 Å². The number of rotatable bonds is 5. The fraction of sp³-hybridized carbons (Fsp3) is 0.0769. The quantitative estimate of drug-likeness (QED) is 0.520. The monoisotopic (exact) mass is 305 g/mol. The summed E-state index contributed by atoms with van der Waals surface area (Å²) in [7, 11) is 1.57. The van der Waals surface area contributed by atoms with E-state index in [0.29, 0.717) is 0 Å². The molecule has 0 atom stereocenters. The number of ether oxygens (including phenoxy) is 1. The van der Waals surface area contributed by atoms with E-state index in [0.717, 1.165) is 28.8 Å². The third kappa shape index (κ3) is 4.11. The molecule has 0 unspecified atom stereocenters. The molecule has 1 heterocycles. The Balaban J connectivity index is 1.96. The molecule has 8 heteroatoms. The zero-order chi connectivity index (χ0) is 15.2. The third-order valence-electron chi connectivity index (χ3n) is 2.45. The average Bonchev–Trinajstić information content (AvgIpc) is 2.94. The summed E-state index contributed by atoms with van der Waals surface area (Å²) in [6.45, 7) is 0. The lowest BCUT2D eigenvalue weighted by Gasteiger charge is -1.99. The molecule has 2 aromatic rings. The first-order valence-electron chi connectivity index (χ1n) is 5.82. The van der Waals surface area contributed by atoms with E-state index in [9.17, 15) is 14.9 Å². The van der Waals surface area contributed by atoms with Gasteiger partial charge < -0.3 is 4.74 Å². The number of benzene rings is 1. The van der Waals surface area contributed by atoms with Crippen molar-refractivity contribution in [3.8, 4) is 5.75 Å². The summed E-state index contributed by atoms with van der Waals surface area (Å²) >= 11 is 0.803. The number of hydrogen-bond donors (Lipinski definition) is 1. The molecule has 1 amide bonds. The number of carbonyl (C=O) groups is 1. The minimum atomic E-state index is -0.555. The smallest absolute Gasteiger partial charge is 0.345 e. The maximum absolute atomic E-state index is 11.7. The van der Waals surface area contributed by atoms with Crippen molar-refractivity contribution >= 4 is 33.5 Å². The second-order valence-electron chi connectivity index (χ2n) is 3.86. The molecule has 21 heavy (non-hydrogen) atoms. The molecule has 0 aliphatic heterocycles. The largest absolute Gasteiger partial charge is 0.497 e. The first-order valence-corrected chi connectivity index (χ1v) is 6.63. The predicted molar refractivity (Wildman–Crippen MR) is 79.4 cm³/mol. The van der Waals surface area contributed by atoms with Gasteiger partial charge in [0.15, 0.2) is 5.13 Å². The van der Waals surface area contributed by atoms with Gasteiger partial charge in [0.2, 0.25) is 5.91 Å². The van der Waals surface area contributed by atoms with Crippen molar-refractivity contribution < 1.29 is 14.5 Å². The summed E-state index contributed by atoms with van der Waals surface area (Å²) in [5, 5.41) is 13.0. The number of nitrogens with one attached hydrogen (secondary N) is 1. The van der Waals surface area contributed by atoms with Crippen LogP contribution < -0.4 is 10.1 Å². The van der Waals surface area contributed by atoms with Gasteiger partial charge in [-0.15, -0.1) is 0 Å². The molecule has 1 aromatic heterocycles. The van der Waals surface area contributed by atoms with Crippen LogP contribution >= 0.6 is 11.3 Å². The second-order valence-corrected chi connectivity index (χ2v) is 4.87. The topological polar surface area (TPSA) is 94.4 Å². The number of nitro groups is 1. The Kier molecular flexibility index (Phi) is 4.62. The minimum absolute atomic E-state index is 0.121. The average molecular weight is 305 g/mol. The molecule has 0 fully saturated rings. The van der Waals surface area contributed by atoms with Gasteiger partial charge in [0, 0.05) is 6.08 Å². The molecule has 0 spiro atoms. The van der Waals surface area contributed by atoms with E-state index in [1.165, 1.54) is 6.08 Å². The number of amides is 1. The predicted octanol–water partition coefficient (Wildman–Crippen LogP) is 2.71. The lowest BCUT2D eigenvalue weighted by Crippen LogP contribution is -2.07. The van der Waals surface area contributed by atoms with Crippen molar-refractivity contribution in [1.29, 1.82) is 0 Å². The molecule has 0 radical (unpaired) electrons. The number of thiazole rings is 1. The van der Waals surface area contributed by atoms with Crippen LogP contribution in [-0.4, -0.2) is 22.9 Å². The van der Waals surface area contributed by atoms with Gasteiger partial charge in [-0.1, -0.05) is 12.1 Å². The summed E-state index contributed by atoms with van der Waals surface area (Å²) < 4.78 is 5.03. The van der Waals surface area contributed by atoms with Crippen LogP contribution in [-0.2, 0) is 4.79 Å². The number of anilines is 1. The van der Waals surface area contributed by atoms with Crippen LogP contribution in [0.15, 0.2) is 36.5 Å². The Morgan fingerprint density at radius 3 is 2.71 bits per heavy atom. The summed E-state index contributed by atoms with van der Waals surface area (Å²) in [5.41, 5.74) is 0.830. The highest BCUT2D eigenvalue weighted by atomic mass is 32.1. The number of hydrogen-bond acceptors (Lipinski definition) is 6. The van der Waals surface area contributed by atoms with E-state index in [-0.39, 0.29) is 10.1 Å². The van der Waals surface area contributed by atoms with Crippen LogP contribution in [0.2, 0.25) is 0 Å². The summed E-state index contributed by atoms with van der Waals surface area (Å²) in [5.74, 6) is 0.321. The van der Waals surface area contributed by atoms with Gasteiger partial charge >= 0.3 is 5.00 Å². The summed E-state index contributed by atoms with van der Waals surface area (Å²) in [6.07, 6.45) is 4.05. The first-order chi connectivity index (χ1) is 10.1. The van der Waals surface area contributed by atoms with Crippen LogP contribution in [0.3, 0.4) is 0 Å². The zero-order valence-corrected chi connectivity index (χ0v) is 11.8. The highest BCUT2D eigenvalue weighted by Crippen LogP contribution is 2.24. The van der Waals surface area contributed by atoms with E-state index < -0.39 is 10.8 Å². The van der Waals surface area contributed by atoms with Gasteiger partial charge in [-0.2, -0.15) is 0 Å². The molecule has 0 saturated heterocycles. The molecule has 0 bridgehead atoms. The van der Waals surface area contributed by atoms with Crippen LogP contribution in [0.25, 0.3) is 6.08 Å². The van der Waals surface area contributed by atoms with Gasteiger partial charge in [0.05, 0.1) is 12.0 Å². The Hall–Kier alpha value is -2.74. The number of carbonyl (C=O) groups excluding carboxylic acids is 1. The van der Waals surface area contributed by atoms with Crippen molar-refractivity contribution in [2.24, 2.45) is 0 Å². The second kappa shape index (κ2) is 6.62. The fourth-order valence-electron chi connectivity index (χ4n) is 1.44. The highest BCUT2D eigenvalue weighted by molar-refractivity contribution is 7.18. The van der Waals surface area contributed by atoms with Gasteiger partial charge in [-0.3, -0.25) is 20.2 Å². The molecule has 0 aliphatic rings. The maximum Gasteiger partial charge on any atom is 0.345 e. The molecular formula is C13H11N3O4S. The zero-order valence-electron chi connectivity index (χ0n) is 11.0. The Morgan fingerprint density at radius 1 is 1.43 bits per heavy atom. The normalized spacial score (nSPS) is 10.5. The van der Waals surface area contributed by atoms with Crippen molar-refractivity contribution in [2.75, 3.05) is 12.4 Å². The van der Waals surface area contributed by atoms with E-state index in [2.05, 4.69) is 10.3 Å². The van der Waals surface area contributed by atoms with Crippen LogP contribution in [0.5, 0.6) is 5.75 Å². The summed E-state index contributed by atoms with van der Waals surface area (Å²) in [6, 6.07) is 7.16. The summed E-state index contributed by atoms with van der Waals surface area (Å²) in [4.78, 5) is 25.4. The molecule has 7 nitrogen and oxygen atoms in total. The fourth-order valence-corrected chi connectivity index (χ4v) is 2.08. The van der Waals surface area contributed by atoms with Gasteiger partial charge in [-0.25, -0.2) is 4.98 Å². The van der Waals surface area contributed by atoms with E-state index in [1.54, 1.807) is 37.5 Å². The molecule has 1 N–H and O–H groups in total. The molecule has 108 valence electrons. The van der Waals surface area contributed by atoms with Gasteiger partial charge in [-0.05, 0) is 35.1 Å². The van der Waals surface area contributed by atoms with Crippen LogP contribution in [0.1, 0.15) is 5.56 Å². The van der Waals surface area contributed by atoms with Crippen LogP contribution in [0.4, 0.5) is 10.1 Å². The Bertz CT molecular complexity index is 679. The van der Waals surface area contributed by atoms with Crippen molar-refractivity contribution in [1.82, 2.24) is 4.98 Å². The standard InChI is InChI=1S/C13H11N3O4S/c1-20-10-5-2-9(3-6-10)4-7-11(17)15-13-14-8-12(21-13)16(18)19/h2-8H,1H3,(H,14,15,17)/b7-4+. The van der Waals surface area contributed by atoms with Gasteiger partial charge in [0.1, 0.15) is 11.9 Å². The Morgan fingerprint density at radius 2 is 2.14 bits per heavy atom. The van der Waals surface area contributed by atoms with E-state index in [4.69, 9.17) is 4.74 Å². The lowest BCUT2D eigenvalue weighted by atomic mass is 10.2. The number of aromatic nitrogens is 1. The Labute approximate surface area is 124 Å². The lowest BCUT2D eigenvalue weighted by molar-refractivity contribution is -0.380. The van der Waals surface area contributed by atoms with E-state index in [1.807, 2.05) is 0 Å². The molecule has 0 aliphatic carbocycles. The molecule has 1 aromatic carbocycles. The minimum Gasteiger partial charge on any atom is -0.497 e. The molecular weight excluding hydrogens is 294 g/mol. The third-order valence-corrected chi connectivity index (χ3v) is 3.31.